The molecule has 0 heterocycles. The number of amides is 2. The van der Waals surface area contributed by atoms with Crippen LogP contribution in [0, 0.1) is 12.8 Å². The zero-order valence-corrected chi connectivity index (χ0v) is 22.4. The Morgan fingerprint density at radius 1 is 0.972 bits per heavy atom. The predicted molar refractivity (Wildman–Crippen MR) is 145 cm³/mol. The van der Waals surface area contributed by atoms with E-state index in [1.165, 1.54) is 0 Å². The third kappa shape index (κ3) is 8.28. The van der Waals surface area contributed by atoms with Gasteiger partial charge in [-0.05, 0) is 48.2 Å². The standard InChI is InChI=1S/C29H32Cl2N2O3/c1-20(2)17-32-29(35)27(15-22-7-5-4-6-8-22)33(18-23-11-12-24(30)16-26(23)31)28(34)19-36-25-13-9-21(3)10-14-25/h4-14,16,20,27H,15,17-19H2,1-3H3,(H,32,35). The van der Waals surface area contributed by atoms with E-state index >= 15 is 0 Å². The zero-order chi connectivity index (χ0) is 26.1. The van der Waals surface area contributed by atoms with Crippen molar-refractivity contribution >= 4 is 35.0 Å². The van der Waals surface area contributed by atoms with Crippen molar-refractivity contribution in [3.8, 4) is 5.75 Å². The van der Waals surface area contributed by atoms with E-state index in [0.717, 1.165) is 11.1 Å². The highest BCUT2D eigenvalue weighted by Crippen LogP contribution is 2.24. The Hall–Kier alpha value is -3.02. The highest BCUT2D eigenvalue weighted by Gasteiger charge is 2.31. The van der Waals surface area contributed by atoms with Gasteiger partial charge in [-0.15, -0.1) is 0 Å². The molecule has 1 N–H and O–H groups in total. The Morgan fingerprint density at radius 2 is 1.67 bits per heavy atom. The topological polar surface area (TPSA) is 58.6 Å². The van der Waals surface area contributed by atoms with Crippen LogP contribution in [-0.4, -0.2) is 35.9 Å². The maximum atomic E-state index is 13.6. The summed E-state index contributed by atoms with van der Waals surface area (Å²) in [6.45, 7) is 6.47. The molecule has 0 aliphatic rings. The van der Waals surface area contributed by atoms with Gasteiger partial charge in [0.05, 0.1) is 0 Å². The number of hydrogen-bond donors (Lipinski definition) is 1. The van der Waals surface area contributed by atoms with E-state index in [2.05, 4.69) is 5.32 Å². The average molecular weight is 527 g/mol. The van der Waals surface area contributed by atoms with Crippen LogP contribution >= 0.6 is 23.2 Å². The van der Waals surface area contributed by atoms with E-state index in [1.807, 2.05) is 75.4 Å². The number of ether oxygens (including phenoxy) is 1. The predicted octanol–water partition coefficient (Wildman–Crippen LogP) is 6.09. The largest absolute Gasteiger partial charge is 0.484 e. The van der Waals surface area contributed by atoms with Gasteiger partial charge in [0.2, 0.25) is 5.91 Å². The number of halogens is 2. The highest BCUT2D eigenvalue weighted by molar-refractivity contribution is 6.35. The van der Waals surface area contributed by atoms with E-state index < -0.39 is 6.04 Å². The molecule has 0 radical (unpaired) electrons. The Balaban J connectivity index is 1.92. The fourth-order valence-corrected chi connectivity index (χ4v) is 4.14. The molecule has 0 saturated heterocycles. The first-order valence-electron chi connectivity index (χ1n) is 12.0. The molecule has 1 unspecified atom stereocenters. The van der Waals surface area contributed by atoms with Crippen LogP contribution in [0.3, 0.4) is 0 Å². The van der Waals surface area contributed by atoms with Crippen molar-refractivity contribution in [2.75, 3.05) is 13.2 Å². The van der Waals surface area contributed by atoms with Gasteiger partial charge in [0.15, 0.2) is 6.61 Å². The molecular weight excluding hydrogens is 495 g/mol. The summed E-state index contributed by atoms with van der Waals surface area (Å²) < 4.78 is 5.79. The summed E-state index contributed by atoms with van der Waals surface area (Å²) in [5.41, 5.74) is 2.73. The second kappa shape index (κ2) is 13.3. The number of aryl methyl sites for hydroxylation is 1. The van der Waals surface area contributed by atoms with Crippen molar-refractivity contribution in [3.05, 3.63) is 99.5 Å². The summed E-state index contributed by atoms with van der Waals surface area (Å²) in [5, 5.41) is 3.93. The number of hydrogen-bond acceptors (Lipinski definition) is 3. The van der Waals surface area contributed by atoms with Crippen LogP contribution in [0.5, 0.6) is 5.75 Å². The first-order valence-corrected chi connectivity index (χ1v) is 12.7. The molecule has 0 aliphatic heterocycles. The number of nitrogens with zero attached hydrogens (tertiary/aromatic N) is 1. The van der Waals surface area contributed by atoms with Crippen molar-refractivity contribution in [1.82, 2.24) is 10.2 Å². The number of nitrogens with one attached hydrogen (secondary N) is 1. The van der Waals surface area contributed by atoms with Crippen LogP contribution in [0.15, 0.2) is 72.8 Å². The molecule has 3 aromatic rings. The van der Waals surface area contributed by atoms with Crippen LogP contribution < -0.4 is 10.1 Å². The van der Waals surface area contributed by atoms with Gasteiger partial charge in [0.25, 0.3) is 5.91 Å². The summed E-state index contributed by atoms with van der Waals surface area (Å²) in [4.78, 5) is 28.6. The molecule has 0 aliphatic carbocycles. The number of benzene rings is 3. The third-order valence-corrected chi connectivity index (χ3v) is 6.28. The molecule has 1 atom stereocenters. The Kier molecular flexibility index (Phi) is 10.2. The van der Waals surface area contributed by atoms with Gasteiger partial charge >= 0.3 is 0 Å². The Bertz CT molecular complexity index is 1150. The maximum absolute atomic E-state index is 13.6. The van der Waals surface area contributed by atoms with Crippen molar-refractivity contribution in [3.63, 3.8) is 0 Å². The fraction of sp³-hybridized carbons (Fsp3) is 0.310. The minimum atomic E-state index is -0.757. The minimum absolute atomic E-state index is 0.138. The molecule has 0 bridgehead atoms. The van der Waals surface area contributed by atoms with Crippen molar-refractivity contribution in [1.29, 1.82) is 0 Å². The average Bonchev–Trinajstić information content (AvgIpc) is 2.86. The molecular formula is C29H32Cl2N2O3. The first-order chi connectivity index (χ1) is 17.2. The zero-order valence-electron chi connectivity index (χ0n) is 20.8. The van der Waals surface area contributed by atoms with E-state index in [-0.39, 0.29) is 30.9 Å². The number of rotatable bonds is 11. The van der Waals surface area contributed by atoms with Crippen LogP contribution in [0.2, 0.25) is 10.0 Å². The lowest BCUT2D eigenvalue weighted by atomic mass is 10.0. The van der Waals surface area contributed by atoms with Gasteiger partial charge in [0, 0.05) is 29.6 Å². The fourth-order valence-electron chi connectivity index (χ4n) is 3.67. The lowest BCUT2D eigenvalue weighted by molar-refractivity contribution is -0.142. The van der Waals surface area contributed by atoms with E-state index in [1.54, 1.807) is 23.1 Å². The van der Waals surface area contributed by atoms with Gasteiger partial charge in [0.1, 0.15) is 11.8 Å². The van der Waals surface area contributed by atoms with Gasteiger partial charge in [-0.1, -0.05) is 91.1 Å². The van der Waals surface area contributed by atoms with E-state index in [9.17, 15) is 9.59 Å². The van der Waals surface area contributed by atoms with Crippen LogP contribution in [0.4, 0.5) is 0 Å². The summed E-state index contributed by atoms with van der Waals surface area (Å²) in [6.07, 6.45) is 0.353. The lowest BCUT2D eigenvalue weighted by Crippen LogP contribution is -2.52. The van der Waals surface area contributed by atoms with E-state index in [4.69, 9.17) is 27.9 Å². The first kappa shape index (κ1) is 27.6. The molecule has 5 nitrogen and oxygen atoms in total. The van der Waals surface area contributed by atoms with Gasteiger partial charge in [-0.3, -0.25) is 9.59 Å². The monoisotopic (exact) mass is 526 g/mol. The van der Waals surface area contributed by atoms with Crippen molar-refractivity contribution < 1.29 is 14.3 Å². The lowest BCUT2D eigenvalue weighted by Gasteiger charge is -2.32. The second-order valence-corrected chi connectivity index (χ2v) is 10.0. The number of carbonyl (C=O) groups is 2. The Morgan fingerprint density at radius 3 is 2.31 bits per heavy atom. The van der Waals surface area contributed by atoms with Crippen LogP contribution in [-0.2, 0) is 22.6 Å². The smallest absolute Gasteiger partial charge is 0.261 e. The summed E-state index contributed by atoms with van der Waals surface area (Å²) in [5.74, 6) is 0.317. The molecule has 0 aromatic heterocycles. The molecule has 7 heteroatoms. The summed E-state index contributed by atoms with van der Waals surface area (Å²) in [6, 6.07) is 21.5. The van der Waals surface area contributed by atoms with Crippen molar-refractivity contribution in [2.45, 2.75) is 39.8 Å². The summed E-state index contributed by atoms with van der Waals surface area (Å²) in [7, 11) is 0. The Labute approximate surface area is 223 Å². The molecule has 0 spiro atoms. The van der Waals surface area contributed by atoms with Gasteiger partial charge in [-0.25, -0.2) is 0 Å². The molecule has 36 heavy (non-hydrogen) atoms. The second-order valence-electron chi connectivity index (χ2n) is 9.20. The molecule has 2 amide bonds. The van der Waals surface area contributed by atoms with Crippen molar-refractivity contribution in [2.24, 2.45) is 5.92 Å². The van der Waals surface area contributed by atoms with Gasteiger partial charge < -0.3 is 15.0 Å². The van der Waals surface area contributed by atoms with Gasteiger partial charge in [-0.2, -0.15) is 0 Å². The normalized spacial score (nSPS) is 11.7. The molecule has 190 valence electrons. The quantitative estimate of drug-likeness (QED) is 0.328. The highest BCUT2D eigenvalue weighted by atomic mass is 35.5. The SMILES string of the molecule is Cc1ccc(OCC(=O)N(Cc2ccc(Cl)cc2Cl)C(Cc2ccccc2)C(=O)NCC(C)C)cc1. The van der Waals surface area contributed by atoms with Crippen LogP contribution in [0.1, 0.15) is 30.5 Å². The van der Waals surface area contributed by atoms with Crippen LogP contribution in [0.25, 0.3) is 0 Å². The molecule has 0 saturated carbocycles. The molecule has 0 fully saturated rings. The minimum Gasteiger partial charge on any atom is -0.484 e. The maximum Gasteiger partial charge on any atom is 0.261 e. The summed E-state index contributed by atoms with van der Waals surface area (Å²) >= 11 is 12.5. The van der Waals surface area contributed by atoms with E-state index in [0.29, 0.717) is 34.3 Å². The number of carbonyl (C=O) groups excluding carboxylic acids is 2. The molecule has 3 rings (SSSR count). The third-order valence-electron chi connectivity index (χ3n) is 5.69. The molecule has 3 aromatic carbocycles.